The molecule has 4 rings (SSSR count). The average Bonchev–Trinajstić information content (AvgIpc) is 3.34. The number of urea groups is 1. The first-order chi connectivity index (χ1) is 18.1. The Labute approximate surface area is 215 Å². The third-order valence-electron chi connectivity index (χ3n) is 5.29. The topological polar surface area (TPSA) is 119 Å². The maximum absolute atomic E-state index is 12.3. The lowest BCUT2D eigenvalue weighted by atomic mass is 10.2. The van der Waals surface area contributed by atoms with Gasteiger partial charge in [0.25, 0.3) is 0 Å². The van der Waals surface area contributed by atoms with E-state index in [1.807, 2.05) is 62.4 Å². The second-order valence-electron chi connectivity index (χ2n) is 8.25. The lowest BCUT2D eigenvalue weighted by molar-refractivity contribution is -0.118. The van der Waals surface area contributed by atoms with Crippen LogP contribution in [-0.4, -0.2) is 46.7 Å². The first kappa shape index (κ1) is 25.5. The first-order valence-electron chi connectivity index (χ1n) is 12.2. The van der Waals surface area contributed by atoms with Crippen LogP contribution >= 0.6 is 0 Å². The van der Waals surface area contributed by atoms with Crippen molar-refractivity contribution in [2.24, 2.45) is 0 Å². The highest BCUT2D eigenvalue weighted by Crippen LogP contribution is 2.31. The van der Waals surface area contributed by atoms with Crippen LogP contribution < -0.4 is 25.4 Å². The fraction of sp³-hybridized carbons (Fsp3) is 0.259. The molecule has 37 heavy (non-hydrogen) atoms. The highest BCUT2D eigenvalue weighted by atomic mass is 16.5. The molecule has 3 aromatic carbocycles. The van der Waals surface area contributed by atoms with E-state index in [2.05, 4.69) is 26.3 Å². The molecule has 0 aliphatic carbocycles. The molecule has 1 aromatic heterocycles. The Bertz CT molecular complexity index is 1350. The van der Waals surface area contributed by atoms with Crippen molar-refractivity contribution in [1.82, 2.24) is 20.3 Å². The van der Waals surface area contributed by atoms with Crippen molar-refractivity contribution < 1.29 is 19.1 Å². The Kier molecular flexibility index (Phi) is 8.53. The summed E-state index contributed by atoms with van der Waals surface area (Å²) in [6, 6.07) is 19.6. The predicted octanol–water partition coefficient (Wildman–Crippen LogP) is 4.76. The number of aromatic nitrogens is 3. The fourth-order valence-corrected chi connectivity index (χ4v) is 3.54. The van der Waals surface area contributed by atoms with Gasteiger partial charge in [-0.15, -0.1) is 5.10 Å². The van der Waals surface area contributed by atoms with E-state index in [9.17, 15) is 9.59 Å². The quantitative estimate of drug-likeness (QED) is 0.271. The Balaban J connectivity index is 1.29. The SMILES string of the molecule is CCCOc1ccc(NC(=O)NC(=O)CNc2ccc(-n3nnc4ccccc43)cc2)cc1OCCC. The van der Waals surface area contributed by atoms with E-state index >= 15 is 0 Å². The van der Waals surface area contributed by atoms with Gasteiger partial charge >= 0.3 is 6.03 Å². The summed E-state index contributed by atoms with van der Waals surface area (Å²) >= 11 is 0. The van der Waals surface area contributed by atoms with Gasteiger partial charge in [0.15, 0.2) is 11.5 Å². The smallest absolute Gasteiger partial charge is 0.325 e. The molecule has 4 aromatic rings. The van der Waals surface area contributed by atoms with Gasteiger partial charge in [-0.2, -0.15) is 0 Å². The van der Waals surface area contributed by atoms with E-state index in [4.69, 9.17) is 9.47 Å². The minimum Gasteiger partial charge on any atom is -0.490 e. The number of anilines is 2. The molecule has 0 aliphatic rings. The van der Waals surface area contributed by atoms with Crippen LogP contribution in [0, 0.1) is 0 Å². The lowest BCUT2D eigenvalue weighted by Crippen LogP contribution is -2.37. The van der Waals surface area contributed by atoms with Crippen molar-refractivity contribution in [3.63, 3.8) is 0 Å². The van der Waals surface area contributed by atoms with E-state index in [-0.39, 0.29) is 6.54 Å². The second kappa shape index (κ2) is 12.4. The van der Waals surface area contributed by atoms with E-state index in [0.717, 1.165) is 35.2 Å². The molecule has 10 heteroatoms. The summed E-state index contributed by atoms with van der Waals surface area (Å²) in [7, 11) is 0. The van der Waals surface area contributed by atoms with Crippen LogP contribution in [0.25, 0.3) is 16.7 Å². The molecule has 0 bridgehead atoms. The lowest BCUT2D eigenvalue weighted by Gasteiger charge is -2.14. The number of carbonyl (C=O) groups is 2. The summed E-state index contributed by atoms with van der Waals surface area (Å²) in [6.07, 6.45) is 1.71. The molecule has 0 atom stereocenters. The Morgan fingerprint density at radius 1 is 0.865 bits per heavy atom. The minimum absolute atomic E-state index is 0.0757. The van der Waals surface area contributed by atoms with Crippen LogP contribution in [0.4, 0.5) is 16.2 Å². The number of hydrogen-bond acceptors (Lipinski definition) is 7. The monoisotopic (exact) mass is 502 g/mol. The van der Waals surface area contributed by atoms with Crippen LogP contribution in [-0.2, 0) is 4.79 Å². The molecule has 1 heterocycles. The van der Waals surface area contributed by atoms with E-state index < -0.39 is 11.9 Å². The third-order valence-corrected chi connectivity index (χ3v) is 5.29. The van der Waals surface area contributed by atoms with Gasteiger partial charge < -0.3 is 20.1 Å². The molecule has 0 unspecified atom stereocenters. The molecule has 0 spiro atoms. The molecule has 0 fully saturated rings. The number of nitrogens with zero attached hydrogens (tertiary/aromatic N) is 3. The maximum atomic E-state index is 12.3. The number of amides is 3. The number of fused-ring (bicyclic) bond motifs is 1. The number of rotatable bonds is 11. The molecule has 0 saturated carbocycles. The zero-order chi connectivity index (χ0) is 26.0. The van der Waals surface area contributed by atoms with Gasteiger partial charge in [-0.1, -0.05) is 31.2 Å². The highest BCUT2D eigenvalue weighted by molar-refractivity contribution is 6.02. The molecule has 0 radical (unpaired) electrons. The predicted molar refractivity (Wildman–Crippen MR) is 143 cm³/mol. The number of carbonyl (C=O) groups excluding carboxylic acids is 2. The zero-order valence-electron chi connectivity index (χ0n) is 20.9. The summed E-state index contributed by atoms with van der Waals surface area (Å²) in [4.78, 5) is 24.6. The molecule has 0 saturated heterocycles. The van der Waals surface area contributed by atoms with Crippen LogP contribution in [0.2, 0.25) is 0 Å². The Hall–Kier alpha value is -4.60. The molecular weight excluding hydrogens is 472 g/mol. The van der Waals surface area contributed by atoms with Crippen LogP contribution in [0.15, 0.2) is 66.7 Å². The Morgan fingerprint density at radius 2 is 1.57 bits per heavy atom. The van der Waals surface area contributed by atoms with Crippen molar-refractivity contribution in [1.29, 1.82) is 0 Å². The highest BCUT2D eigenvalue weighted by Gasteiger charge is 2.12. The number of hydrogen-bond donors (Lipinski definition) is 3. The van der Waals surface area contributed by atoms with Gasteiger partial charge in [0.1, 0.15) is 5.52 Å². The summed E-state index contributed by atoms with van der Waals surface area (Å²) in [6.45, 7) is 5.05. The molecule has 0 aliphatic heterocycles. The van der Waals surface area contributed by atoms with Gasteiger partial charge in [0.2, 0.25) is 5.91 Å². The number of benzene rings is 3. The van der Waals surface area contributed by atoms with Crippen molar-refractivity contribution in [3.05, 3.63) is 66.7 Å². The van der Waals surface area contributed by atoms with Crippen LogP contribution in [0.3, 0.4) is 0 Å². The molecule has 3 amide bonds. The van der Waals surface area contributed by atoms with Crippen molar-refractivity contribution in [2.45, 2.75) is 26.7 Å². The molecule has 3 N–H and O–H groups in total. The van der Waals surface area contributed by atoms with Gasteiger partial charge in [0.05, 0.1) is 31.0 Å². The van der Waals surface area contributed by atoms with E-state index in [1.165, 1.54) is 0 Å². The standard InChI is InChI=1S/C27H30N6O4/c1-3-15-36-24-14-11-20(17-25(24)37-16-4-2)29-27(35)30-26(34)18-28-19-9-12-21(13-10-19)33-23-8-6-5-7-22(23)31-32-33/h5-14,17,28H,3-4,15-16,18H2,1-2H3,(H2,29,30,34,35). The van der Waals surface area contributed by atoms with E-state index in [1.54, 1.807) is 22.9 Å². The number of para-hydroxylation sites is 1. The average molecular weight is 503 g/mol. The number of ether oxygens (including phenoxy) is 2. The van der Waals surface area contributed by atoms with Crippen LogP contribution in [0.5, 0.6) is 11.5 Å². The van der Waals surface area contributed by atoms with Crippen molar-refractivity contribution >= 4 is 34.3 Å². The normalized spacial score (nSPS) is 10.6. The third kappa shape index (κ3) is 6.75. The van der Waals surface area contributed by atoms with Crippen molar-refractivity contribution in [2.75, 3.05) is 30.4 Å². The maximum Gasteiger partial charge on any atom is 0.325 e. The van der Waals surface area contributed by atoms with Gasteiger partial charge in [-0.3, -0.25) is 10.1 Å². The summed E-state index contributed by atoms with van der Waals surface area (Å²) < 4.78 is 13.2. The zero-order valence-corrected chi connectivity index (χ0v) is 20.9. The first-order valence-corrected chi connectivity index (χ1v) is 12.2. The van der Waals surface area contributed by atoms with Crippen molar-refractivity contribution in [3.8, 4) is 17.2 Å². The van der Waals surface area contributed by atoms with E-state index in [0.29, 0.717) is 30.4 Å². The van der Waals surface area contributed by atoms with Gasteiger partial charge in [-0.05, 0) is 61.4 Å². The number of imide groups is 1. The summed E-state index contributed by atoms with van der Waals surface area (Å²) in [5, 5.41) is 16.3. The minimum atomic E-state index is -0.635. The number of nitrogens with one attached hydrogen (secondary N) is 3. The summed E-state index contributed by atoms with van der Waals surface area (Å²) in [5.41, 5.74) is 3.77. The molecule has 10 nitrogen and oxygen atoms in total. The molecule has 192 valence electrons. The second-order valence-corrected chi connectivity index (χ2v) is 8.25. The summed E-state index contributed by atoms with van der Waals surface area (Å²) in [5.74, 6) is 0.683. The largest absolute Gasteiger partial charge is 0.490 e. The van der Waals surface area contributed by atoms with Gasteiger partial charge in [-0.25, -0.2) is 9.48 Å². The van der Waals surface area contributed by atoms with Crippen LogP contribution in [0.1, 0.15) is 26.7 Å². The molecular formula is C27H30N6O4. The van der Waals surface area contributed by atoms with Gasteiger partial charge in [0, 0.05) is 17.4 Å². The Morgan fingerprint density at radius 3 is 2.32 bits per heavy atom. The fourth-order valence-electron chi connectivity index (χ4n) is 3.54.